The summed E-state index contributed by atoms with van der Waals surface area (Å²) < 4.78 is 0. The Balaban J connectivity index is 2.44. The second-order valence-electron chi connectivity index (χ2n) is 4.15. The van der Waals surface area contributed by atoms with E-state index in [4.69, 9.17) is 0 Å². The van der Waals surface area contributed by atoms with Crippen LogP contribution in [0.25, 0.3) is 0 Å². The van der Waals surface area contributed by atoms with Crippen molar-refractivity contribution in [2.75, 3.05) is 18.8 Å². The molecule has 1 aliphatic heterocycles. The molecule has 3 amide bonds. The fourth-order valence-electron chi connectivity index (χ4n) is 1.78. The summed E-state index contributed by atoms with van der Waals surface area (Å²) in [6.45, 7) is 4.64. The highest BCUT2D eigenvalue weighted by atomic mass is 32.2. The number of carbonyl (C=O) groups is 3. The van der Waals surface area contributed by atoms with Gasteiger partial charge in [0.2, 0.25) is 17.7 Å². The number of likely N-dealkylation sites (tertiary alicyclic amines) is 1. The summed E-state index contributed by atoms with van der Waals surface area (Å²) in [5.74, 6) is 0.469. The number of carbonyl (C=O) groups excluding carboxylic acids is 3. The number of hydrogen-bond donors (Lipinski definition) is 1. The molecule has 1 N–H and O–H groups in total. The number of nitrogens with one attached hydrogen (secondary N) is 1. The summed E-state index contributed by atoms with van der Waals surface area (Å²) in [7, 11) is 0. The van der Waals surface area contributed by atoms with E-state index in [2.05, 4.69) is 5.32 Å². The Morgan fingerprint density at radius 3 is 2.78 bits per heavy atom. The van der Waals surface area contributed by atoms with Crippen LogP contribution in [0.2, 0.25) is 0 Å². The molecule has 0 aromatic rings. The predicted octanol–water partition coefficient (Wildman–Crippen LogP) is 0.783. The molecule has 1 fully saturated rings. The average molecular weight is 272 g/mol. The third-order valence-corrected chi connectivity index (χ3v) is 4.08. The van der Waals surface area contributed by atoms with Gasteiger partial charge < -0.3 is 5.32 Å². The molecule has 1 unspecified atom stereocenters. The summed E-state index contributed by atoms with van der Waals surface area (Å²) in [5.41, 5.74) is 0. The van der Waals surface area contributed by atoms with Crippen LogP contribution < -0.4 is 5.32 Å². The molecule has 1 saturated heterocycles. The maximum atomic E-state index is 11.9. The van der Waals surface area contributed by atoms with Crippen molar-refractivity contribution in [1.82, 2.24) is 10.2 Å². The minimum Gasteiger partial charge on any atom is -0.356 e. The molecule has 102 valence electrons. The molecule has 5 nitrogen and oxygen atoms in total. The quantitative estimate of drug-likeness (QED) is 0.696. The summed E-state index contributed by atoms with van der Waals surface area (Å²) >= 11 is 1.53. The highest BCUT2D eigenvalue weighted by Gasteiger charge is 2.38. The van der Waals surface area contributed by atoms with E-state index in [9.17, 15) is 14.4 Å². The Bertz CT molecular complexity index is 333. The van der Waals surface area contributed by atoms with Gasteiger partial charge in [-0.2, -0.15) is 0 Å². The maximum Gasteiger partial charge on any atom is 0.242 e. The topological polar surface area (TPSA) is 66.5 Å². The van der Waals surface area contributed by atoms with Gasteiger partial charge in [-0.1, -0.05) is 6.92 Å². The summed E-state index contributed by atoms with van der Waals surface area (Å²) in [5, 5.41) is 2.41. The van der Waals surface area contributed by atoms with E-state index >= 15 is 0 Å². The Kier molecular flexibility index (Phi) is 6.18. The van der Waals surface area contributed by atoms with Gasteiger partial charge in [-0.25, -0.2) is 0 Å². The van der Waals surface area contributed by atoms with E-state index in [1.165, 1.54) is 16.7 Å². The summed E-state index contributed by atoms with van der Waals surface area (Å²) in [4.78, 5) is 36.2. The third kappa shape index (κ3) is 4.01. The van der Waals surface area contributed by atoms with Gasteiger partial charge in [0.15, 0.2) is 0 Å². The molecule has 0 aromatic carbocycles. The Hall–Kier alpha value is -1.04. The second-order valence-corrected chi connectivity index (χ2v) is 5.46. The van der Waals surface area contributed by atoms with E-state index in [-0.39, 0.29) is 42.4 Å². The summed E-state index contributed by atoms with van der Waals surface area (Å²) in [6.07, 6.45) is 1.46. The van der Waals surface area contributed by atoms with Gasteiger partial charge in [0.25, 0.3) is 0 Å². The molecule has 0 aliphatic carbocycles. The number of hydrogen-bond acceptors (Lipinski definition) is 4. The molecule has 1 heterocycles. The van der Waals surface area contributed by atoms with Crippen molar-refractivity contribution in [3.05, 3.63) is 0 Å². The largest absolute Gasteiger partial charge is 0.356 e. The van der Waals surface area contributed by atoms with Crippen molar-refractivity contribution in [3.8, 4) is 0 Å². The van der Waals surface area contributed by atoms with E-state index in [0.29, 0.717) is 6.54 Å². The van der Waals surface area contributed by atoms with Crippen molar-refractivity contribution in [1.29, 1.82) is 0 Å². The Morgan fingerprint density at radius 2 is 2.17 bits per heavy atom. The molecular formula is C12H20N2O3S. The first-order chi connectivity index (χ1) is 8.60. The third-order valence-electron chi connectivity index (χ3n) is 2.66. The molecule has 0 spiro atoms. The lowest BCUT2D eigenvalue weighted by molar-refractivity contribution is -0.138. The number of imide groups is 1. The molecule has 1 atom stereocenters. The molecule has 1 aliphatic rings. The van der Waals surface area contributed by atoms with Crippen LogP contribution in [0.3, 0.4) is 0 Å². The minimum absolute atomic E-state index is 0.122. The predicted molar refractivity (Wildman–Crippen MR) is 71.2 cm³/mol. The Labute approximate surface area is 112 Å². The van der Waals surface area contributed by atoms with E-state index in [1.807, 2.05) is 13.8 Å². The smallest absolute Gasteiger partial charge is 0.242 e. The summed E-state index contributed by atoms with van der Waals surface area (Å²) in [6, 6.07) is 0. The molecule has 1 rings (SSSR count). The first-order valence-corrected chi connectivity index (χ1v) is 7.37. The van der Waals surface area contributed by atoms with Crippen LogP contribution in [0.15, 0.2) is 0 Å². The first kappa shape index (κ1) is 15.0. The van der Waals surface area contributed by atoms with Crippen LogP contribution in [-0.4, -0.2) is 46.7 Å². The van der Waals surface area contributed by atoms with Gasteiger partial charge in [0, 0.05) is 25.9 Å². The first-order valence-electron chi connectivity index (χ1n) is 6.32. The van der Waals surface area contributed by atoms with Crippen LogP contribution in [0, 0.1) is 0 Å². The molecule has 0 aromatic heterocycles. The van der Waals surface area contributed by atoms with Crippen LogP contribution in [0.5, 0.6) is 0 Å². The zero-order chi connectivity index (χ0) is 13.5. The molecule has 6 heteroatoms. The van der Waals surface area contributed by atoms with E-state index < -0.39 is 0 Å². The zero-order valence-corrected chi connectivity index (χ0v) is 11.7. The van der Waals surface area contributed by atoms with E-state index in [1.54, 1.807) is 0 Å². The fourth-order valence-corrected chi connectivity index (χ4v) is 2.83. The van der Waals surface area contributed by atoms with Gasteiger partial charge in [-0.3, -0.25) is 19.3 Å². The number of rotatable bonds is 7. The van der Waals surface area contributed by atoms with Crippen molar-refractivity contribution in [3.63, 3.8) is 0 Å². The monoisotopic (exact) mass is 272 g/mol. The molecule has 18 heavy (non-hydrogen) atoms. The highest BCUT2D eigenvalue weighted by molar-refractivity contribution is 8.00. The second kappa shape index (κ2) is 7.41. The number of nitrogens with zero attached hydrogens (tertiary/aromatic N) is 1. The molecule has 0 radical (unpaired) electrons. The zero-order valence-electron chi connectivity index (χ0n) is 10.9. The van der Waals surface area contributed by atoms with Gasteiger partial charge >= 0.3 is 0 Å². The van der Waals surface area contributed by atoms with Gasteiger partial charge in [0.1, 0.15) is 0 Å². The lowest BCUT2D eigenvalue weighted by Gasteiger charge is -2.14. The lowest BCUT2D eigenvalue weighted by Crippen LogP contribution is -2.35. The standard InChI is InChI=1S/C12H20N2O3S/c1-3-7-18-9-8-11(16)14(12(9)17)6-5-10(15)13-4-2/h9H,3-8H2,1-2H3,(H,13,15). The van der Waals surface area contributed by atoms with Crippen molar-refractivity contribution < 1.29 is 14.4 Å². The molecule has 0 saturated carbocycles. The number of thioether (sulfide) groups is 1. The highest BCUT2D eigenvalue weighted by Crippen LogP contribution is 2.25. The van der Waals surface area contributed by atoms with Crippen molar-refractivity contribution in [2.45, 2.75) is 38.4 Å². The average Bonchev–Trinajstić information content (AvgIpc) is 2.60. The molecular weight excluding hydrogens is 252 g/mol. The van der Waals surface area contributed by atoms with Crippen molar-refractivity contribution >= 4 is 29.5 Å². The van der Waals surface area contributed by atoms with Crippen LogP contribution in [-0.2, 0) is 14.4 Å². The SMILES string of the molecule is CCCSC1CC(=O)N(CCC(=O)NCC)C1=O. The molecule has 0 bridgehead atoms. The van der Waals surface area contributed by atoms with E-state index in [0.717, 1.165) is 12.2 Å². The minimum atomic E-state index is -0.244. The van der Waals surface area contributed by atoms with Gasteiger partial charge in [-0.05, 0) is 19.1 Å². The van der Waals surface area contributed by atoms with Crippen LogP contribution in [0.4, 0.5) is 0 Å². The maximum absolute atomic E-state index is 11.9. The van der Waals surface area contributed by atoms with Gasteiger partial charge in [-0.15, -0.1) is 11.8 Å². The normalized spacial score (nSPS) is 19.4. The van der Waals surface area contributed by atoms with Crippen LogP contribution >= 0.6 is 11.8 Å². The fraction of sp³-hybridized carbons (Fsp3) is 0.750. The lowest BCUT2D eigenvalue weighted by atomic mass is 10.3. The number of amides is 3. The Morgan fingerprint density at radius 1 is 1.44 bits per heavy atom. The van der Waals surface area contributed by atoms with Gasteiger partial charge in [0.05, 0.1) is 5.25 Å². The van der Waals surface area contributed by atoms with Crippen LogP contribution in [0.1, 0.15) is 33.1 Å². The van der Waals surface area contributed by atoms with Crippen molar-refractivity contribution in [2.24, 2.45) is 0 Å².